The molecule has 10 heteroatoms. The smallest absolute Gasteiger partial charge is 0.449 e. The number of fused-ring (bicyclic) bond motifs is 2. The van der Waals surface area contributed by atoms with Gasteiger partial charge in [-0.15, -0.1) is 0 Å². The Morgan fingerprint density at radius 2 is 1.93 bits per heavy atom. The van der Waals surface area contributed by atoms with E-state index < -0.39 is 24.5 Å². The molecule has 2 aromatic carbocycles. The van der Waals surface area contributed by atoms with Crippen LogP contribution in [0.25, 0.3) is 11.0 Å². The number of methoxy groups -OCH3 is 1. The Balaban J connectivity index is 1.70. The highest BCUT2D eigenvalue weighted by molar-refractivity contribution is 5.92. The molecule has 7 nitrogen and oxygen atoms in total. The predicted octanol–water partition coefficient (Wildman–Crippen LogP) is 3.47. The molecule has 0 aliphatic carbocycles. The first-order chi connectivity index (χ1) is 13.8. The quantitative estimate of drug-likeness (QED) is 0.717. The normalized spacial score (nSPS) is 13.4. The van der Waals surface area contributed by atoms with Crippen molar-refractivity contribution in [3.05, 3.63) is 42.2 Å². The molecule has 1 aromatic heterocycles. The summed E-state index contributed by atoms with van der Waals surface area (Å²) in [6, 6.07) is 9.31. The minimum Gasteiger partial charge on any atom is -0.497 e. The highest BCUT2D eigenvalue weighted by Gasteiger charge is 2.38. The average molecular weight is 407 g/mol. The summed E-state index contributed by atoms with van der Waals surface area (Å²) in [6.07, 6.45) is -4.74. The van der Waals surface area contributed by atoms with Gasteiger partial charge in [-0.2, -0.15) is 13.2 Å². The third-order valence-electron chi connectivity index (χ3n) is 4.32. The van der Waals surface area contributed by atoms with E-state index in [0.717, 1.165) is 4.57 Å². The zero-order valence-corrected chi connectivity index (χ0v) is 15.2. The molecule has 4 rings (SSSR count). The number of hydrogen-bond donors (Lipinski definition) is 1. The molecule has 29 heavy (non-hydrogen) atoms. The van der Waals surface area contributed by atoms with Crippen LogP contribution in [0.5, 0.6) is 17.2 Å². The minimum absolute atomic E-state index is 0.0655. The van der Waals surface area contributed by atoms with Crippen LogP contribution < -0.4 is 19.5 Å². The molecule has 0 atom stereocenters. The van der Waals surface area contributed by atoms with Gasteiger partial charge in [0.25, 0.3) is 0 Å². The molecule has 1 aliphatic heterocycles. The molecule has 1 aliphatic rings. The lowest BCUT2D eigenvalue weighted by atomic mass is 10.2. The number of halogens is 3. The summed E-state index contributed by atoms with van der Waals surface area (Å²) in [6.45, 7) is 0.00554. The summed E-state index contributed by atoms with van der Waals surface area (Å²) >= 11 is 0. The van der Waals surface area contributed by atoms with Gasteiger partial charge >= 0.3 is 6.18 Å². The number of imidazole rings is 1. The lowest BCUT2D eigenvalue weighted by Gasteiger charge is -2.18. The summed E-state index contributed by atoms with van der Waals surface area (Å²) < 4.78 is 57.4. The first-order valence-corrected chi connectivity index (χ1v) is 8.66. The van der Waals surface area contributed by atoms with Crippen LogP contribution in [0.15, 0.2) is 36.4 Å². The standard InChI is InChI=1S/C19H16F3N3O4/c1-27-12-4-2-3-11(7-12)23-17(26)10-25-14-9-16-15(28-5-6-29-16)8-13(14)24-18(25)19(20,21)22/h2-4,7-9H,5-6,10H2,1H3,(H,23,26). The minimum atomic E-state index is -4.74. The monoisotopic (exact) mass is 407 g/mol. The highest BCUT2D eigenvalue weighted by Crippen LogP contribution is 2.38. The summed E-state index contributed by atoms with van der Waals surface area (Å²) in [5, 5.41) is 2.57. The van der Waals surface area contributed by atoms with Gasteiger partial charge in [-0.05, 0) is 12.1 Å². The lowest BCUT2D eigenvalue weighted by Crippen LogP contribution is -2.23. The number of alkyl halides is 3. The molecule has 0 spiro atoms. The summed E-state index contributed by atoms with van der Waals surface area (Å²) in [7, 11) is 1.47. The molecule has 1 amide bonds. The van der Waals surface area contributed by atoms with E-state index in [0.29, 0.717) is 29.5 Å². The van der Waals surface area contributed by atoms with E-state index in [1.165, 1.54) is 19.2 Å². The second-order valence-corrected chi connectivity index (χ2v) is 6.28. The van der Waals surface area contributed by atoms with Crippen LogP contribution in [-0.4, -0.2) is 35.8 Å². The van der Waals surface area contributed by atoms with Crippen LogP contribution in [0.4, 0.5) is 18.9 Å². The topological polar surface area (TPSA) is 74.6 Å². The maximum absolute atomic E-state index is 13.5. The third-order valence-corrected chi connectivity index (χ3v) is 4.32. The Morgan fingerprint density at radius 3 is 2.62 bits per heavy atom. The number of carbonyl (C=O) groups excluding carboxylic acids is 1. The Morgan fingerprint density at radius 1 is 1.21 bits per heavy atom. The van der Waals surface area contributed by atoms with Gasteiger partial charge in [0.05, 0.1) is 18.1 Å². The molecule has 0 unspecified atom stereocenters. The third kappa shape index (κ3) is 3.78. The second-order valence-electron chi connectivity index (χ2n) is 6.28. The van der Waals surface area contributed by atoms with E-state index in [-0.39, 0.29) is 17.6 Å². The van der Waals surface area contributed by atoms with E-state index in [1.54, 1.807) is 24.3 Å². The molecule has 0 fully saturated rings. The van der Waals surface area contributed by atoms with Crippen LogP contribution >= 0.6 is 0 Å². The molecule has 1 N–H and O–H groups in total. The van der Waals surface area contributed by atoms with Crippen LogP contribution in [0.1, 0.15) is 5.82 Å². The first kappa shape index (κ1) is 18.9. The number of nitrogens with one attached hydrogen (secondary N) is 1. The Kier molecular flexibility index (Phi) is 4.69. The summed E-state index contributed by atoms with van der Waals surface area (Å²) in [5.74, 6) is -0.668. The average Bonchev–Trinajstić information content (AvgIpc) is 3.04. The fourth-order valence-corrected chi connectivity index (χ4v) is 3.08. The van der Waals surface area contributed by atoms with Crippen molar-refractivity contribution in [2.24, 2.45) is 0 Å². The van der Waals surface area contributed by atoms with Gasteiger partial charge in [-0.1, -0.05) is 6.07 Å². The molecule has 3 aromatic rings. The second kappa shape index (κ2) is 7.19. The van der Waals surface area contributed by atoms with E-state index in [1.807, 2.05) is 0 Å². The van der Waals surface area contributed by atoms with E-state index in [9.17, 15) is 18.0 Å². The fourth-order valence-electron chi connectivity index (χ4n) is 3.08. The Hall–Kier alpha value is -3.43. The number of ether oxygens (including phenoxy) is 3. The van der Waals surface area contributed by atoms with Gasteiger partial charge in [0.1, 0.15) is 25.5 Å². The number of anilines is 1. The summed E-state index contributed by atoms with van der Waals surface area (Å²) in [5.41, 5.74) is 0.597. The summed E-state index contributed by atoms with van der Waals surface area (Å²) in [4.78, 5) is 16.1. The SMILES string of the molecule is COc1cccc(NC(=O)Cn2c(C(F)(F)F)nc3cc4c(cc32)OCCO4)c1. The van der Waals surface area contributed by atoms with Crippen molar-refractivity contribution in [2.45, 2.75) is 12.7 Å². The van der Waals surface area contributed by atoms with Crippen LogP contribution in [0.2, 0.25) is 0 Å². The number of carbonyl (C=O) groups is 1. The number of aromatic nitrogens is 2. The Bertz CT molecular complexity index is 1080. The zero-order valence-electron chi connectivity index (χ0n) is 15.2. The van der Waals surface area contributed by atoms with Gasteiger partial charge < -0.3 is 24.1 Å². The number of hydrogen-bond acceptors (Lipinski definition) is 5. The lowest BCUT2D eigenvalue weighted by molar-refractivity contribution is -0.147. The van der Waals surface area contributed by atoms with E-state index in [2.05, 4.69) is 10.3 Å². The predicted molar refractivity (Wildman–Crippen MR) is 97.3 cm³/mol. The van der Waals surface area contributed by atoms with Crippen LogP contribution in [-0.2, 0) is 17.5 Å². The van der Waals surface area contributed by atoms with Crippen LogP contribution in [0, 0.1) is 0 Å². The van der Waals surface area contributed by atoms with Crippen molar-refractivity contribution in [3.63, 3.8) is 0 Å². The number of benzene rings is 2. The number of rotatable bonds is 4. The van der Waals surface area contributed by atoms with Crippen molar-refractivity contribution in [3.8, 4) is 17.2 Å². The molecule has 0 bridgehead atoms. The molecular formula is C19H16F3N3O4. The van der Waals surface area contributed by atoms with E-state index in [4.69, 9.17) is 14.2 Å². The molecule has 0 saturated heterocycles. The fraction of sp³-hybridized carbons (Fsp3) is 0.263. The van der Waals surface area contributed by atoms with E-state index >= 15 is 0 Å². The zero-order chi connectivity index (χ0) is 20.6. The maximum Gasteiger partial charge on any atom is 0.449 e. The molecule has 0 radical (unpaired) electrons. The highest BCUT2D eigenvalue weighted by atomic mass is 19.4. The van der Waals surface area contributed by atoms with Crippen molar-refractivity contribution >= 4 is 22.6 Å². The van der Waals surface area contributed by atoms with Gasteiger partial charge in [0, 0.05) is 23.9 Å². The van der Waals surface area contributed by atoms with Gasteiger partial charge in [-0.3, -0.25) is 4.79 Å². The molecule has 2 heterocycles. The largest absolute Gasteiger partial charge is 0.497 e. The van der Waals surface area contributed by atoms with Crippen molar-refractivity contribution in [1.29, 1.82) is 0 Å². The van der Waals surface area contributed by atoms with Gasteiger partial charge in [0.2, 0.25) is 11.7 Å². The van der Waals surface area contributed by atoms with Gasteiger partial charge in [0.15, 0.2) is 11.5 Å². The van der Waals surface area contributed by atoms with Crippen molar-refractivity contribution in [1.82, 2.24) is 9.55 Å². The Labute approximate surface area is 163 Å². The van der Waals surface area contributed by atoms with Crippen molar-refractivity contribution < 1.29 is 32.2 Å². The molecular weight excluding hydrogens is 391 g/mol. The van der Waals surface area contributed by atoms with Crippen LogP contribution in [0.3, 0.4) is 0 Å². The number of amides is 1. The van der Waals surface area contributed by atoms with Crippen molar-refractivity contribution in [2.75, 3.05) is 25.6 Å². The molecule has 152 valence electrons. The first-order valence-electron chi connectivity index (χ1n) is 8.66. The number of nitrogens with zero attached hydrogens (tertiary/aromatic N) is 2. The molecule has 0 saturated carbocycles. The van der Waals surface area contributed by atoms with Gasteiger partial charge in [-0.25, -0.2) is 4.98 Å². The maximum atomic E-state index is 13.5.